The molecule has 230 valence electrons. The van der Waals surface area contributed by atoms with Gasteiger partial charge in [-0.25, -0.2) is 0 Å². The first-order chi connectivity index (χ1) is 24.7. The first kappa shape index (κ1) is 28.8. The Morgan fingerprint density at radius 2 is 0.920 bits per heavy atom. The number of benzene rings is 7. The quantitative estimate of drug-likeness (QED) is 0.193. The highest BCUT2D eigenvalue weighted by molar-refractivity contribution is 6.11. The van der Waals surface area contributed by atoms with Crippen molar-refractivity contribution in [3.63, 3.8) is 0 Å². The Morgan fingerprint density at radius 1 is 0.360 bits per heavy atom. The average molecular weight is 636 g/mol. The molecular weight excluding hydrogens is 611 g/mol. The lowest BCUT2D eigenvalue weighted by Gasteiger charge is -2.18. The van der Waals surface area contributed by atoms with Gasteiger partial charge in [0.25, 0.3) is 0 Å². The van der Waals surface area contributed by atoms with Crippen molar-refractivity contribution >= 4 is 43.6 Å². The fraction of sp³-hybridized carbons (Fsp3) is 0. The van der Waals surface area contributed by atoms with Crippen LogP contribution < -0.4 is 0 Å². The molecule has 0 spiro atoms. The maximum absolute atomic E-state index is 10.5. The number of hydrogen-bond donors (Lipinski definition) is 0. The molecule has 7 aromatic carbocycles. The highest BCUT2D eigenvalue weighted by Crippen LogP contribution is 2.42. The zero-order chi connectivity index (χ0) is 33.8. The van der Waals surface area contributed by atoms with Crippen LogP contribution in [0.3, 0.4) is 0 Å². The molecule has 2 heterocycles. The van der Waals surface area contributed by atoms with Crippen LogP contribution >= 0.6 is 0 Å². The number of nitrogens with zero attached hydrogens (tertiary/aromatic N) is 5. The molecule has 0 atom stereocenters. The van der Waals surface area contributed by atoms with Gasteiger partial charge in [0, 0.05) is 38.4 Å². The maximum Gasteiger partial charge on any atom is 0.0998 e. The molecule has 9 aromatic rings. The first-order valence-corrected chi connectivity index (χ1v) is 16.3. The van der Waals surface area contributed by atoms with Gasteiger partial charge >= 0.3 is 0 Å². The Morgan fingerprint density at radius 3 is 1.60 bits per heavy atom. The molecule has 0 amide bonds. The molecule has 5 heteroatoms. The van der Waals surface area contributed by atoms with Crippen LogP contribution in [0.5, 0.6) is 0 Å². The summed E-state index contributed by atoms with van der Waals surface area (Å²) in [7, 11) is 0. The number of para-hydroxylation sites is 4. The normalized spacial score (nSPS) is 11.1. The van der Waals surface area contributed by atoms with Crippen molar-refractivity contribution in [2.75, 3.05) is 0 Å². The van der Waals surface area contributed by atoms with E-state index in [1.807, 2.05) is 84.9 Å². The molecule has 0 bridgehead atoms. The molecule has 0 saturated heterocycles. The van der Waals surface area contributed by atoms with Crippen molar-refractivity contribution < 1.29 is 0 Å². The topological polar surface area (TPSA) is 81.2 Å². The molecule has 0 N–H and O–H groups in total. The summed E-state index contributed by atoms with van der Waals surface area (Å²) in [6.07, 6.45) is 0. The molecule has 0 saturated carbocycles. The van der Waals surface area contributed by atoms with E-state index in [1.165, 1.54) is 0 Å². The van der Waals surface area contributed by atoms with Crippen LogP contribution in [0.15, 0.2) is 152 Å². The van der Waals surface area contributed by atoms with Crippen molar-refractivity contribution in [1.29, 1.82) is 15.8 Å². The third-order valence-corrected chi connectivity index (χ3v) is 9.64. The van der Waals surface area contributed by atoms with Crippen LogP contribution in [0.1, 0.15) is 16.7 Å². The number of hydrogen-bond acceptors (Lipinski definition) is 3. The zero-order valence-electron chi connectivity index (χ0n) is 26.7. The van der Waals surface area contributed by atoms with Crippen molar-refractivity contribution in [3.8, 4) is 51.8 Å². The maximum atomic E-state index is 10.5. The minimum atomic E-state index is 0.525. The molecule has 9 rings (SSSR count). The van der Waals surface area contributed by atoms with Crippen LogP contribution in [-0.2, 0) is 0 Å². The van der Waals surface area contributed by atoms with Gasteiger partial charge in [-0.05, 0) is 83.9 Å². The van der Waals surface area contributed by atoms with Crippen molar-refractivity contribution in [3.05, 3.63) is 168 Å². The molecule has 50 heavy (non-hydrogen) atoms. The predicted octanol–water partition coefficient (Wildman–Crippen LogP) is 10.8. The summed E-state index contributed by atoms with van der Waals surface area (Å²) >= 11 is 0. The van der Waals surface area contributed by atoms with Crippen molar-refractivity contribution in [2.24, 2.45) is 0 Å². The number of rotatable bonds is 4. The van der Waals surface area contributed by atoms with E-state index >= 15 is 0 Å². The molecule has 2 aromatic heterocycles. The highest BCUT2D eigenvalue weighted by atomic mass is 15.0. The molecule has 0 aliphatic rings. The van der Waals surface area contributed by atoms with Gasteiger partial charge in [-0.2, -0.15) is 15.8 Å². The van der Waals surface area contributed by atoms with E-state index in [1.54, 1.807) is 0 Å². The van der Waals surface area contributed by atoms with Crippen LogP contribution in [0.25, 0.3) is 77.2 Å². The Balaban J connectivity index is 1.32. The molecule has 5 nitrogen and oxygen atoms in total. The Bertz CT molecular complexity index is 2920. The van der Waals surface area contributed by atoms with Gasteiger partial charge in [0.15, 0.2) is 0 Å². The fourth-order valence-corrected chi connectivity index (χ4v) is 7.46. The average Bonchev–Trinajstić information content (AvgIpc) is 3.70. The lowest BCUT2D eigenvalue weighted by Crippen LogP contribution is -2.00. The van der Waals surface area contributed by atoms with E-state index in [0.29, 0.717) is 16.7 Å². The van der Waals surface area contributed by atoms with Gasteiger partial charge in [-0.3, -0.25) is 0 Å². The van der Waals surface area contributed by atoms with Gasteiger partial charge in [0.1, 0.15) is 0 Å². The number of nitriles is 3. The smallest absolute Gasteiger partial charge is 0.0998 e. The second kappa shape index (κ2) is 11.4. The van der Waals surface area contributed by atoms with E-state index in [9.17, 15) is 15.8 Å². The SMILES string of the molecule is N#Cc1ccc(-c2cc(-n3c4ccccc4c4ccccc43)ccc2C#N)c(-c2ccccc2-n2c3ccccc3c3cc(C#N)ccc32)c1. The standard InChI is InChI=1S/C45H25N5/c46-26-29-17-21-33(38-25-32(20-19-31(38)28-48)49-41-13-5-1-9-34(41)35-10-2-6-14-42(35)49)39(23-29)36-11-3-7-15-43(36)50-44-16-8-4-12-37(44)40-24-30(27-47)18-22-45(40)50/h1-25H. The highest BCUT2D eigenvalue weighted by Gasteiger charge is 2.20. The molecule has 0 aliphatic carbocycles. The minimum absolute atomic E-state index is 0.525. The van der Waals surface area contributed by atoms with Crippen LogP contribution in [0.4, 0.5) is 0 Å². The summed E-state index contributed by atoms with van der Waals surface area (Å²) in [5, 5.41) is 34.6. The summed E-state index contributed by atoms with van der Waals surface area (Å²) < 4.78 is 4.48. The van der Waals surface area contributed by atoms with E-state index < -0.39 is 0 Å². The lowest BCUT2D eigenvalue weighted by atomic mass is 9.89. The number of aromatic nitrogens is 2. The van der Waals surface area contributed by atoms with Crippen LogP contribution in [0, 0.1) is 34.0 Å². The number of fused-ring (bicyclic) bond motifs is 6. The Labute approximate surface area is 287 Å². The largest absolute Gasteiger partial charge is 0.309 e. The summed E-state index contributed by atoms with van der Waals surface area (Å²) in [5.74, 6) is 0. The van der Waals surface area contributed by atoms with E-state index in [0.717, 1.165) is 77.2 Å². The van der Waals surface area contributed by atoms with E-state index in [4.69, 9.17) is 0 Å². The molecule has 0 aliphatic heterocycles. The lowest BCUT2D eigenvalue weighted by molar-refractivity contribution is 1.18. The van der Waals surface area contributed by atoms with E-state index in [2.05, 4.69) is 94.1 Å². The molecular formula is C45H25N5. The second-order valence-electron chi connectivity index (χ2n) is 12.3. The first-order valence-electron chi connectivity index (χ1n) is 16.3. The third-order valence-electron chi connectivity index (χ3n) is 9.64. The third kappa shape index (κ3) is 4.31. The molecule has 0 fully saturated rings. The van der Waals surface area contributed by atoms with E-state index in [-0.39, 0.29) is 0 Å². The molecule has 0 radical (unpaired) electrons. The predicted molar refractivity (Wildman–Crippen MR) is 200 cm³/mol. The molecule has 0 unspecified atom stereocenters. The van der Waals surface area contributed by atoms with Crippen LogP contribution in [-0.4, -0.2) is 9.13 Å². The summed E-state index contributed by atoms with van der Waals surface area (Å²) in [5.41, 5.74) is 11.1. The van der Waals surface area contributed by atoms with Gasteiger partial charge in [-0.1, -0.05) is 78.9 Å². The zero-order valence-corrected chi connectivity index (χ0v) is 26.7. The minimum Gasteiger partial charge on any atom is -0.309 e. The van der Waals surface area contributed by atoms with Gasteiger partial charge in [-0.15, -0.1) is 0 Å². The van der Waals surface area contributed by atoms with Gasteiger partial charge in [0.05, 0.1) is 62.7 Å². The Hall–Kier alpha value is -7.39. The Kier molecular flexibility index (Phi) is 6.56. The monoisotopic (exact) mass is 635 g/mol. The fourth-order valence-electron chi connectivity index (χ4n) is 7.46. The second-order valence-corrected chi connectivity index (χ2v) is 12.3. The van der Waals surface area contributed by atoms with Crippen molar-refractivity contribution in [1.82, 2.24) is 9.13 Å². The summed E-state index contributed by atoms with van der Waals surface area (Å²) in [6.45, 7) is 0. The van der Waals surface area contributed by atoms with Gasteiger partial charge in [0.2, 0.25) is 0 Å². The van der Waals surface area contributed by atoms with Crippen LogP contribution in [0.2, 0.25) is 0 Å². The summed E-state index contributed by atoms with van der Waals surface area (Å²) in [6, 6.07) is 57.7. The van der Waals surface area contributed by atoms with Gasteiger partial charge < -0.3 is 9.13 Å². The summed E-state index contributed by atoms with van der Waals surface area (Å²) in [4.78, 5) is 0. The van der Waals surface area contributed by atoms with Crippen molar-refractivity contribution in [2.45, 2.75) is 0 Å².